The Hall–Kier alpha value is -5.34. The highest BCUT2D eigenvalue weighted by atomic mass is 15.1. The maximum absolute atomic E-state index is 2.47. The van der Waals surface area contributed by atoms with Crippen LogP contribution in [0, 0.1) is 13.8 Å². The van der Waals surface area contributed by atoms with Gasteiger partial charge in [0.25, 0.3) is 0 Å². The molecule has 0 radical (unpaired) electrons. The van der Waals surface area contributed by atoms with E-state index in [9.17, 15) is 0 Å². The van der Waals surface area contributed by atoms with Crippen molar-refractivity contribution in [2.24, 2.45) is 0 Å². The molecule has 0 N–H and O–H groups in total. The number of anilines is 6. The molecule has 2 nitrogen and oxygen atoms in total. The second-order valence-electron chi connectivity index (χ2n) is 19.5. The minimum absolute atomic E-state index is 0.117. The molecule has 0 aliphatic heterocycles. The highest BCUT2D eigenvalue weighted by molar-refractivity contribution is 6.09. The van der Waals surface area contributed by atoms with Crippen molar-refractivity contribution in [3.63, 3.8) is 0 Å². The molecule has 2 aliphatic rings. The maximum atomic E-state index is 2.47. The lowest BCUT2D eigenvalue weighted by atomic mass is 9.81. The van der Waals surface area contributed by atoms with E-state index in [0.717, 1.165) is 12.8 Å². The summed E-state index contributed by atoms with van der Waals surface area (Å²) in [5.74, 6) is 0. The average Bonchev–Trinajstić information content (AvgIpc) is 3.47. The summed E-state index contributed by atoms with van der Waals surface area (Å²) in [6, 6.07) is 50.1. The molecule has 0 amide bonds. The summed E-state index contributed by atoms with van der Waals surface area (Å²) in [5, 5.41) is 5.01. The first-order valence-electron chi connectivity index (χ1n) is 20.5. The van der Waals surface area contributed by atoms with Gasteiger partial charge in [0.05, 0.1) is 0 Å². The second kappa shape index (κ2) is 12.6. The zero-order valence-electron chi connectivity index (χ0n) is 35.0. The first-order valence-corrected chi connectivity index (χ1v) is 20.5. The summed E-state index contributed by atoms with van der Waals surface area (Å²) in [6.45, 7) is 23.9. The molecular weight excluding hydrogens is 677 g/mol. The van der Waals surface area contributed by atoms with E-state index in [2.05, 4.69) is 212 Å². The third-order valence-corrected chi connectivity index (χ3v) is 13.1. The highest BCUT2D eigenvalue weighted by Crippen LogP contribution is 2.54. The van der Waals surface area contributed by atoms with Gasteiger partial charge in [0, 0.05) is 34.1 Å². The zero-order chi connectivity index (χ0) is 39.4. The monoisotopic (exact) mass is 732 g/mol. The molecule has 0 unspecified atom stereocenters. The minimum Gasteiger partial charge on any atom is -0.310 e. The summed E-state index contributed by atoms with van der Waals surface area (Å²) in [4.78, 5) is 4.89. The third-order valence-electron chi connectivity index (χ3n) is 13.1. The Morgan fingerprint density at radius 3 is 1.11 bits per heavy atom. The van der Waals surface area contributed by atoms with E-state index in [4.69, 9.17) is 0 Å². The van der Waals surface area contributed by atoms with Crippen LogP contribution < -0.4 is 9.80 Å². The molecular formula is C54H56N2. The average molecular weight is 733 g/mol. The van der Waals surface area contributed by atoms with Gasteiger partial charge in [-0.05, 0) is 176 Å². The molecule has 7 aromatic carbocycles. The highest BCUT2D eigenvalue weighted by Gasteiger charge is 2.44. The first-order chi connectivity index (χ1) is 26.5. The lowest BCUT2D eigenvalue weighted by Crippen LogP contribution is -2.18. The quantitative estimate of drug-likeness (QED) is 0.157. The van der Waals surface area contributed by atoms with Crippen molar-refractivity contribution in [3.8, 4) is 0 Å². The topological polar surface area (TPSA) is 6.48 Å². The predicted molar refractivity (Wildman–Crippen MR) is 242 cm³/mol. The number of para-hydroxylation sites is 2. The van der Waals surface area contributed by atoms with Gasteiger partial charge in [0.15, 0.2) is 0 Å². The number of benzene rings is 7. The smallest absolute Gasteiger partial charge is 0.0468 e. The Kier molecular flexibility index (Phi) is 8.16. The van der Waals surface area contributed by atoms with E-state index in [1.54, 1.807) is 0 Å². The van der Waals surface area contributed by atoms with Crippen LogP contribution in [0.15, 0.2) is 133 Å². The third kappa shape index (κ3) is 5.83. The van der Waals surface area contributed by atoms with Gasteiger partial charge in [0.1, 0.15) is 0 Å². The van der Waals surface area contributed by atoms with Gasteiger partial charge >= 0.3 is 0 Å². The minimum atomic E-state index is 0.117. The molecule has 0 saturated carbocycles. The van der Waals surface area contributed by atoms with E-state index in [1.165, 1.54) is 89.0 Å². The van der Waals surface area contributed by atoms with E-state index in [-0.39, 0.29) is 21.7 Å². The molecule has 0 bridgehead atoms. The molecule has 56 heavy (non-hydrogen) atoms. The van der Waals surface area contributed by atoms with Crippen molar-refractivity contribution in [1.82, 2.24) is 0 Å². The molecule has 0 fully saturated rings. The van der Waals surface area contributed by atoms with Gasteiger partial charge in [0.2, 0.25) is 0 Å². The van der Waals surface area contributed by atoms with Crippen molar-refractivity contribution in [2.75, 3.05) is 9.80 Å². The van der Waals surface area contributed by atoms with Gasteiger partial charge in [-0.1, -0.05) is 116 Å². The normalized spacial score (nSPS) is 17.2. The summed E-state index contributed by atoms with van der Waals surface area (Å²) in [5.41, 5.74) is 16.4. The first kappa shape index (κ1) is 36.3. The molecule has 0 atom stereocenters. The molecule has 2 heteroatoms. The van der Waals surface area contributed by atoms with Crippen molar-refractivity contribution in [2.45, 2.75) is 104 Å². The fraction of sp³-hybridized carbons (Fsp3) is 0.296. The van der Waals surface area contributed by atoms with E-state index < -0.39 is 0 Å². The number of nitrogens with zero attached hydrogens (tertiary/aromatic N) is 2. The Balaban J connectivity index is 1.15. The summed E-state index contributed by atoms with van der Waals surface area (Å²) >= 11 is 0. The predicted octanol–water partition coefficient (Wildman–Crippen LogP) is 15.5. The van der Waals surface area contributed by atoms with E-state index >= 15 is 0 Å². The van der Waals surface area contributed by atoms with Crippen LogP contribution in [0.5, 0.6) is 0 Å². The van der Waals surface area contributed by atoms with Crippen LogP contribution in [0.3, 0.4) is 0 Å². The largest absolute Gasteiger partial charge is 0.310 e. The molecule has 0 heterocycles. The zero-order valence-corrected chi connectivity index (χ0v) is 35.0. The summed E-state index contributed by atoms with van der Waals surface area (Å²) in [7, 11) is 0. The standard InChI is InChI=1S/C54H56N2/c1-35-27-43(31-47-49(35)53(7,8)33-51(47,3)4)55(39-17-13-11-14-18-39)41-23-25-45-37(29-41)21-22-38-30-42(24-26-46(38)45)56(40-19-15-12-16-20-40)44-28-36(2)50-48(32-44)52(5,6)34-54(50,9)10/h11-32H,33-34H2,1-10H3. The Morgan fingerprint density at radius 2 is 0.732 bits per heavy atom. The summed E-state index contributed by atoms with van der Waals surface area (Å²) < 4.78 is 0. The van der Waals surface area contributed by atoms with Crippen LogP contribution in [0.1, 0.15) is 102 Å². The number of aryl methyl sites for hydroxylation is 2. The molecule has 9 rings (SSSR count). The fourth-order valence-corrected chi connectivity index (χ4v) is 11.6. The van der Waals surface area contributed by atoms with Crippen LogP contribution in [-0.4, -0.2) is 0 Å². The van der Waals surface area contributed by atoms with Crippen LogP contribution in [0.2, 0.25) is 0 Å². The lowest BCUT2D eigenvalue weighted by molar-refractivity contribution is 0.402. The fourth-order valence-electron chi connectivity index (χ4n) is 11.6. The van der Waals surface area contributed by atoms with Crippen molar-refractivity contribution in [3.05, 3.63) is 167 Å². The van der Waals surface area contributed by atoms with E-state index in [1.807, 2.05) is 0 Å². The van der Waals surface area contributed by atoms with Crippen molar-refractivity contribution >= 4 is 55.7 Å². The Bertz CT molecular complexity index is 2470. The van der Waals surface area contributed by atoms with Crippen LogP contribution in [-0.2, 0) is 21.7 Å². The van der Waals surface area contributed by atoms with Crippen molar-refractivity contribution < 1.29 is 0 Å². The van der Waals surface area contributed by atoms with Gasteiger partial charge in [-0.15, -0.1) is 0 Å². The van der Waals surface area contributed by atoms with Crippen molar-refractivity contribution in [1.29, 1.82) is 0 Å². The number of fused-ring (bicyclic) bond motifs is 5. The number of hydrogen-bond acceptors (Lipinski definition) is 2. The van der Waals surface area contributed by atoms with Crippen LogP contribution in [0.25, 0.3) is 21.5 Å². The molecule has 0 saturated heterocycles. The lowest BCUT2D eigenvalue weighted by Gasteiger charge is -2.29. The van der Waals surface area contributed by atoms with Crippen LogP contribution in [0.4, 0.5) is 34.1 Å². The number of rotatable bonds is 6. The Morgan fingerprint density at radius 1 is 0.357 bits per heavy atom. The van der Waals surface area contributed by atoms with Gasteiger partial charge < -0.3 is 9.80 Å². The SMILES string of the molecule is Cc1cc(N(c2ccccc2)c2ccc3c(ccc4cc(N(c5ccccc5)c5cc(C)c6c(c5)C(C)(C)CC6(C)C)ccc43)c2)cc2c1C(C)(C)CC2(C)C. The van der Waals surface area contributed by atoms with Gasteiger partial charge in [-0.25, -0.2) is 0 Å². The van der Waals surface area contributed by atoms with E-state index in [0.29, 0.717) is 0 Å². The number of hydrogen-bond donors (Lipinski definition) is 0. The molecule has 7 aromatic rings. The molecule has 282 valence electrons. The Labute approximate surface area is 334 Å². The maximum Gasteiger partial charge on any atom is 0.0468 e. The van der Waals surface area contributed by atoms with Gasteiger partial charge in [-0.2, -0.15) is 0 Å². The molecule has 2 aliphatic carbocycles. The van der Waals surface area contributed by atoms with Gasteiger partial charge in [-0.3, -0.25) is 0 Å². The second-order valence-corrected chi connectivity index (χ2v) is 19.5. The van der Waals surface area contributed by atoms with Crippen LogP contribution >= 0.6 is 0 Å². The summed E-state index contributed by atoms with van der Waals surface area (Å²) in [6.07, 6.45) is 2.31. The molecule has 0 spiro atoms. The molecule has 0 aromatic heterocycles.